The lowest BCUT2D eigenvalue weighted by atomic mass is 10.3. The highest BCUT2D eigenvalue weighted by Crippen LogP contribution is 2.41. The molecule has 1 heterocycles. The van der Waals surface area contributed by atoms with Gasteiger partial charge in [0, 0.05) is 11.6 Å². The van der Waals surface area contributed by atoms with Crippen molar-refractivity contribution in [1.82, 2.24) is 14.8 Å². The first-order valence-corrected chi connectivity index (χ1v) is 10.3. The SMILES string of the molecule is CCOc1ccc(OC(=O)CSc2nnc(C3CC3)n2-c2ccccc2)cc1. The first kappa shape index (κ1) is 18.6. The molecule has 2 aromatic carbocycles. The Hall–Kier alpha value is -2.80. The molecule has 0 N–H and O–H groups in total. The Morgan fingerprint density at radius 3 is 2.46 bits per heavy atom. The molecule has 6 nitrogen and oxygen atoms in total. The van der Waals surface area contributed by atoms with Crippen LogP contribution >= 0.6 is 11.8 Å². The van der Waals surface area contributed by atoms with Crippen molar-refractivity contribution in [2.45, 2.75) is 30.8 Å². The Morgan fingerprint density at radius 1 is 1.07 bits per heavy atom. The van der Waals surface area contributed by atoms with Crippen LogP contribution in [0.3, 0.4) is 0 Å². The van der Waals surface area contributed by atoms with Crippen LogP contribution in [0, 0.1) is 0 Å². The third kappa shape index (κ3) is 4.36. The molecule has 0 radical (unpaired) electrons. The van der Waals surface area contributed by atoms with E-state index in [-0.39, 0.29) is 11.7 Å². The Labute approximate surface area is 167 Å². The Morgan fingerprint density at radius 2 is 1.79 bits per heavy atom. The highest BCUT2D eigenvalue weighted by molar-refractivity contribution is 7.99. The fourth-order valence-electron chi connectivity index (χ4n) is 2.86. The molecule has 1 aromatic heterocycles. The van der Waals surface area contributed by atoms with Gasteiger partial charge in [0.1, 0.15) is 17.3 Å². The van der Waals surface area contributed by atoms with Gasteiger partial charge in [-0.25, -0.2) is 0 Å². The van der Waals surface area contributed by atoms with Gasteiger partial charge < -0.3 is 9.47 Å². The summed E-state index contributed by atoms with van der Waals surface area (Å²) in [6.45, 7) is 2.52. The average Bonchev–Trinajstić information content (AvgIpc) is 3.48. The van der Waals surface area contributed by atoms with Gasteiger partial charge in [-0.15, -0.1) is 10.2 Å². The number of rotatable bonds is 8. The molecule has 0 atom stereocenters. The van der Waals surface area contributed by atoms with E-state index in [1.807, 2.05) is 41.8 Å². The van der Waals surface area contributed by atoms with Gasteiger partial charge in [0.2, 0.25) is 0 Å². The summed E-state index contributed by atoms with van der Waals surface area (Å²) < 4.78 is 12.8. The average molecular weight is 395 g/mol. The minimum Gasteiger partial charge on any atom is -0.494 e. The van der Waals surface area contributed by atoms with E-state index in [4.69, 9.17) is 9.47 Å². The van der Waals surface area contributed by atoms with E-state index >= 15 is 0 Å². The molecule has 1 aliphatic rings. The van der Waals surface area contributed by atoms with Crippen LogP contribution in [-0.2, 0) is 4.79 Å². The predicted octanol–water partition coefficient (Wildman–Crippen LogP) is 4.24. The van der Waals surface area contributed by atoms with E-state index in [1.54, 1.807) is 24.3 Å². The lowest BCUT2D eigenvalue weighted by Gasteiger charge is -2.10. The molecule has 7 heteroatoms. The number of carbonyl (C=O) groups excluding carboxylic acids is 1. The van der Waals surface area contributed by atoms with E-state index in [2.05, 4.69) is 10.2 Å². The number of hydrogen-bond acceptors (Lipinski definition) is 6. The smallest absolute Gasteiger partial charge is 0.321 e. The first-order valence-electron chi connectivity index (χ1n) is 9.31. The number of thioether (sulfide) groups is 1. The summed E-state index contributed by atoms with van der Waals surface area (Å²) in [4.78, 5) is 12.3. The van der Waals surface area contributed by atoms with Crippen molar-refractivity contribution in [3.63, 3.8) is 0 Å². The van der Waals surface area contributed by atoms with Gasteiger partial charge in [0.05, 0.1) is 12.4 Å². The van der Waals surface area contributed by atoms with Gasteiger partial charge in [0.15, 0.2) is 5.16 Å². The third-order valence-electron chi connectivity index (χ3n) is 4.30. The Balaban J connectivity index is 1.42. The molecule has 1 saturated carbocycles. The van der Waals surface area contributed by atoms with Crippen molar-refractivity contribution in [3.8, 4) is 17.2 Å². The molecule has 0 unspecified atom stereocenters. The number of aromatic nitrogens is 3. The van der Waals surface area contributed by atoms with Gasteiger partial charge in [-0.1, -0.05) is 30.0 Å². The van der Waals surface area contributed by atoms with Crippen molar-refractivity contribution < 1.29 is 14.3 Å². The third-order valence-corrected chi connectivity index (χ3v) is 5.20. The molecule has 0 saturated heterocycles. The highest BCUT2D eigenvalue weighted by Gasteiger charge is 2.31. The van der Waals surface area contributed by atoms with Crippen molar-refractivity contribution in [1.29, 1.82) is 0 Å². The summed E-state index contributed by atoms with van der Waals surface area (Å²) in [5.74, 6) is 2.50. The van der Waals surface area contributed by atoms with Crippen molar-refractivity contribution in [2.24, 2.45) is 0 Å². The lowest BCUT2D eigenvalue weighted by molar-refractivity contribution is -0.131. The van der Waals surface area contributed by atoms with Crippen LogP contribution in [0.1, 0.15) is 31.5 Å². The standard InChI is InChI=1S/C21H21N3O3S/c1-2-26-17-10-12-18(13-11-17)27-19(25)14-28-21-23-22-20(15-8-9-15)24(21)16-6-4-3-5-7-16/h3-7,10-13,15H,2,8-9,14H2,1H3. The summed E-state index contributed by atoms with van der Waals surface area (Å²) in [6, 6.07) is 17.0. The second-order valence-electron chi connectivity index (χ2n) is 6.45. The highest BCUT2D eigenvalue weighted by atomic mass is 32.2. The van der Waals surface area contributed by atoms with E-state index in [0.717, 1.165) is 30.1 Å². The van der Waals surface area contributed by atoms with Crippen LogP contribution in [0.15, 0.2) is 59.8 Å². The summed E-state index contributed by atoms with van der Waals surface area (Å²) in [5.41, 5.74) is 1.01. The molecule has 0 aliphatic heterocycles. The number of esters is 1. The van der Waals surface area contributed by atoms with Gasteiger partial charge in [0.25, 0.3) is 0 Å². The molecule has 0 spiro atoms. The van der Waals surface area contributed by atoms with E-state index in [0.29, 0.717) is 23.4 Å². The lowest BCUT2D eigenvalue weighted by Crippen LogP contribution is -2.11. The molecule has 28 heavy (non-hydrogen) atoms. The molecule has 1 aliphatic carbocycles. The largest absolute Gasteiger partial charge is 0.494 e. The van der Waals surface area contributed by atoms with Gasteiger partial charge >= 0.3 is 5.97 Å². The van der Waals surface area contributed by atoms with E-state index in [1.165, 1.54) is 11.8 Å². The number of carbonyl (C=O) groups is 1. The van der Waals surface area contributed by atoms with E-state index in [9.17, 15) is 4.79 Å². The van der Waals surface area contributed by atoms with Crippen LogP contribution < -0.4 is 9.47 Å². The maximum absolute atomic E-state index is 12.3. The number of hydrogen-bond donors (Lipinski definition) is 0. The van der Waals surface area contributed by atoms with Crippen molar-refractivity contribution in [3.05, 3.63) is 60.4 Å². The molecule has 4 rings (SSSR count). The van der Waals surface area contributed by atoms with Crippen molar-refractivity contribution >= 4 is 17.7 Å². The van der Waals surface area contributed by atoms with Crippen molar-refractivity contribution in [2.75, 3.05) is 12.4 Å². The summed E-state index contributed by atoms with van der Waals surface area (Å²) in [7, 11) is 0. The van der Waals surface area contributed by atoms with Crippen LogP contribution in [0.4, 0.5) is 0 Å². The number of benzene rings is 2. The monoisotopic (exact) mass is 395 g/mol. The number of para-hydroxylation sites is 1. The van der Waals surface area contributed by atoms with Crippen LogP contribution in [-0.4, -0.2) is 33.1 Å². The second kappa shape index (κ2) is 8.48. The Kier molecular flexibility index (Phi) is 5.62. The second-order valence-corrected chi connectivity index (χ2v) is 7.40. The maximum Gasteiger partial charge on any atom is 0.321 e. The fraction of sp³-hybridized carbons (Fsp3) is 0.286. The van der Waals surface area contributed by atoms with Crippen LogP contribution in [0.5, 0.6) is 11.5 Å². The summed E-state index contributed by atoms with van der Waals surface area (Å²) >= 11 is 1.34. The molecule has 0 bridgehead atoms. The normalized spacial score (nSPS) is 13.3. The molecule has 3 aromatic rings. The number of ether oxygens (including phenoxy) is 2. The maximum atomic E-state index is 12.3. The van der Waals surface area contributed by atoms with Crippen LogP contribution in [0.2, 0.25) is 0 Å². The molecule has 0 amide bonds. The molecule has 1 fully saturated rings. The topological polar surface area (TPSA) is 66.2 Å². The van der Waals surface area contributed by atoms with E-state index < -0.39 is 0 Å². The summed E-state index contributed by atoms with van der Waals surface area (Å²) in [5, 5.41) is 9.39. The summed E-state index contributed by atoms with van der Waals surface area (Å²) in [6.07, 6.45) is 2.27. The minimum absolute atomic E-state index is 0.156. The zero-order valence-corrected chi connectivity index (χ0v) is 16.4. The predicted molar refractivity (Wildman–Crippen MR) is 107 cm³/mol. The fourth-order valence-corrected chi connectivity index (χ4v) is 3.59. The first-order chi connectivity index (χ1) is 13.7. The Bertz CT molecular complexity index is 937. The zero-order chi connectivity index (χ0) is 19.3. The van der Waals surface area contributed by atoms with Gasteiger partial charge in [-0.3, -0.25) is 9.36 Å². The molecular weight excluding hydrogens is 374 g/mol. The quantitative estimate of drug-likeness (QED) is 0.323. The minimum atomic E-state index is -0.329. The van der Waals surface area contributed by atoms with Crippen LogP contribution in [0.25, 0.3) is 5.69 Å². The zero-order valence-electron chi connectivity index (χ0n) is 15.6. The van der Waals surface area contributed by atoms with Gasteiger partial charge in [-0.2, -0.15) is 0 Å². The molecular formula is C21H21N3O3S. The molecule has 144 valence electrons. The van der Waals surface area contributed by atoms with Gasteiger partial charge in [-0.05, 0) is 56.2 Å². The number of nitrogens with zero attached hydrogens (tertiary/aromatic N) is 3.